The maximum atomic E-state index is 4.44. The summed E-state index contributed by atoms with van der Waals surface area (Å²) >= 11 is 0. The summed E-state index contributed by atoms with van der Waals surface area (Å²) in [6, 6.07) is 7.70. The van der Waals surface area contributed by atoms with Gasteiger partial charge in [-0.05, 0) is 56.1 Å². The highest BCUT2D eigenvalue weighted by molar-refractivity contribution is 5.03. The highest BCUT2D eigenvalue weighted by Crippen LogP contribution is 2.30. The van der Waals surface area contributed by atoms with E-state index in [0.717, 1.165) is 30.5 Å². The zero-order valence-corrected chi connectivity index (χ0v) is 14.2. The van der Waals surface area contributed by atoms with Gasteiger partial charge in [-0.1, -0.05) is 19.9 Å². The van der Waals surface area contributed by atoms with Crippen LogP contribution in [0.3, 0.4) is 0 Å². The molecule has 2 heterocycles. The third-order valence-electron chi connectivity index (χ3n) is 5.77. The van der Waals surface area contributed by atoms with E-state index in [-0.39, 0.29) is 0 Å². The number of nitrogens with one attached hydrogen (secondary N) is 1. The average molecular weight is 301 g/mol. The first-order chi connectivity index (χ1) is 10.7. The Morgan fingerprint density at radius 2 is 1.86 bits per heavy atom. The minimum Gasteiger partial charge on any atom is -0.311 e. The van der Waals surface area contributed by atoms with Crippen LogP contribution in [0.4, 0.5) is 0 Å². The quantitative estimate of drug-likeness (QED) is 0.923. The lowest BCUT2D eigenvalue weighted by atomic mass is 9.79. The first-order valence-electron chi connectivity index (χ1n) is 9.09. The standard InChI is InChI=1S/C19H31N3/c1-15-6-7-18(13-16(15)2)21-17-8-11-22(12-9-17)14-19-5-3-4-10-20-19/h3-5,10,15-18,21H,6-9,11-14H2,1-2H3/t15-,16+,18-/m1/s1. The highest BCUT2D eigenvalue weighted by atomic mass is 15.1. The molecule has 3 rings (SSSR count). The smallest absolute Gasteiger partial charge is 0.0543 e. The lowest BCUT2D eigenvalue weighted by molar-refractivity contribution is 0.159. The van der Waals surface area contributed by atoms with E-state index in [1.165, 1.54) is 50.9 Å². The van der Waals surface area contributed by atoms with Crippen LogP contribution in [0.5, 0.6) is 0 Å². The van der Waals surface area contributed by atoms with E-state index in [9.17, 15) is 0 Å². The molecule has 3 heteroatoms. The maximum absolute atomic E-state index is 4.44. The van der Waals surface area contributed by atoms with Gasteiger partial charge in [0, 0.05) is 37.9 Å². The Balaban J connectivity index is 1.40. The van der Waals surface area contributed by atoms with Crippen LogP contribution < -0.4 is 5.32 Å². The van der Waals surface area contributed by atoms with E-state index in [2.05, 4.69) is 41.2 Å². The van der Waals surface area contributed by atoms with Gasteiger partial charge in [-0.25, -0.2) is 0 Å². The van der Waals surface area contributed by atoms with Crippen LogP contribution in [0.15, 0.2) is 24.4 Å². The fourth-order valence-electron chi connectivity index (χ4n) is 4.01. The van der Waals surface area contributed by atoms with E-state index < -0.39 is 0 Å². The predicted molar refractivity (Wildman–Crippen MR) is 91.6 cm³/mol. The number of rotatable bonds is 4. The van der Waals surface area contributed by atoms with Gasteiger partial charge in [0.2, 0.25) is 0 Å². The van der Waals surface area contributed by atoms with Crippen molar-refractivity contribution in [3.05, 3.63) is 30.1 Å². The number of hydrogen-bond acceptors (Lipinski definition) is 3. The predicted octanol–water partition coefficient (Wildman–Crippen LogP) is 3.46. The molecule has 0 bridgehead atoms. The van der Waals surface area contributed by atoms with E-state index in [0.29, 0.717) is 0 Å². The zero-order chi connectivity index (χ0) is 15.4. The first-order valence-corrected chi connectivity index (χ1v) is 9.09. The van der Waals surface area contributed by atoms with Crippen molar-refractivity contribution >= 4 is 0 Å². The third-order valence-corrected chi connectivity index (χ3v) is 5.77. The second-order valence-corrected chi connectivity index (χ2v) is 7.50. The van der Waals surface area contributed by atoms with Crippen molar-refractivity contribution in [2.75, 3.05) is 13.1 Å². The average Bonchev–Trinajstić information content (AvgIpc) is 2.54. The van der Waals surface area contributed by atoms with Crippen LogP contribution in [0.1, 0.15) is 51.6 Å². The summed E-state index contributed by atoms with van der Waals surface area (Å²) in [5, 5.41) is 3.95. The Kier molecular flexibility index (Phi) is 5.48. The van der Waals surface area contributed by atoms with Crippen molar-refractivity contribution < 1.29 is 0 Å². The molecule has 0 radical (unpaired) electrons. The first kappa shape index (κ1) is 15.9. The van der Waals surface area contributed by atoms with Gasteiger partial charge < -0.3 is 5.32 Å². The van der Waals surface area contributed by atoms with Crippen molar-refractivity contribution in [2.24, 2.45) is 11.8 Å². The normalized spacial score (nSPS) is 31.3. The van der Waals surface area contributed by atoms with Crippen LogP contribution in [0, 0.1) is 11.8 Å². The number of pyridine rings is 1. The number of aromatic nitrogens is 1. The maximum Gasteiger partial charge on any atom is 0.0543 e. The third kappa shape index (κ3) is 4.30. The number of likely N-dealkylation sites (tertiary alicyclic amines) is 1. The molecule has 0 spiro atoms. The Morgan fingerprint density at radius 3 is 2.55 bits per heavy atom. The second-order valence-electron chi connectivity index (χ2n) is 7.50. The Morgan fingerprint density at radius 1 is 1.05 bits per heavy atom. The summed E-state index contributed by atoms with van der Waals surface area (Å²) in [4.78, 5) is 6.99. The van der Waals surface area contributed by atoms with Crippen molar-refractivity contribution in [3.63, 3.8) is 0 Å². The largest absolute Gasteiger partial charge is 0.311 e. The molecule has 22 heavy (non-hydrogen) atoms. The molecule has 2 aliphatic rings. The molecule has 1 aromatic rings. The molecule has 0 aromatic carbocycles. The molecule has 1 saturated heterocycles. The molecule has 1 N–H and O–H groups in total. The van der Waals surface area contributed by atoms with Gasteiger partial charge in [-0.15, -0.1) is 0 Å². The fraction of sp³-hybridized carbons (Fsp3) is 0.737. The molecule has 2 fully saturated rings. The minimum absolute atomic E-state index is 0.727. The van der Waals surface area contributed by atoms with Gasteiger partial charge in [0.25, 0.3) is 0 Å². The van der Waals surface area contributed by atoms with Crippen molar-refractivity contribution in [3.8, 4) is 0 Å². The molecule has 122 valence electrons. The van der Waals surface area contributed by atoms with E-state index >= 15 is 0 Å². The zero-order valence-electron chi connectivity index (χ0n) is 14.2. The monoisotopic (exact) mass is 301 g/mol. The lowest BCUT2D eigenvalue weighted by Gasteiger charge is -2.38. The van der Waals surface area contributed by atoms with Gasteiger partial charge in [0.05, 0.1) is 5.69 Å². The summed E-state index contributed by atoms with van der Waals surface area (Å²) in [6.45, 7) is 8.25. The van der Waals surface area contributed by atoms with Crippen molar-refractivity contribution in [1.29, 1.82) is 0 Å². The Labute approximate surface area is 135 Å². The summed E-state index contributed by atoms with van der Waals surface area (Å²) in [7, 11) is 0. The number of nitrogens with zero attached hydrogens (tertiary/aromatic N) is 2. The van der Waals surface area contributed by atoms with E-state index in [1.54, 1.807) is 0 Å². The highest BCUT2D eigenvalue weighted by Gasteiger charge is 2.27. The summed E-state index contributed by atoms with van der Waals surface area (Å²) < 4.78 is 0. The summed E-state index contributed by atoms with van der Waals surface area (Å²) in [6.07, 6.45) is 8.61. The molecule has 1 saturated carbocycles. The molecule has 3 atom stereocenters. The van der Waals surface area contributed by atoms with Crippen molar-refractivity contribution in [2.45, 2.75) is 64.6 Å². The van der Waals surface area contributed by atoms with Crippen LogP contribution in [0.2, 0.25) is 0 Å². The van der Waals surface area contributed by atoms with Crippen LogP contribution in [-0.4, -0.2) is 35.1 Å². The molecular weight excluding hydrogens is 270 g/mol. The molecule has 1 aromatic heterocycles. The van der Waals surface area contributed by atoms with Gasteiger partial charge in [-0.3, -0.25) is 9.88 Å². The van der Waals surface area contributed by atoms with Gasteiger partial charge in [0.1, 0.15) is 0 Å². The topological polar surface area (TPSA) is 28.2 Å². The Bertz CT molecular complexity index is 439. The molecule has 1 aliphatic carbocycles. The lowest BCUT2D eigenvalue weighted by Crippen LogP contribution is -2.47. The fourth-order valence-corrected chi connectivity index (χ4v) is 4.01. The molecular formula is C19H31N3. The molecule has 3 nitrogen and oxygen atoms in total. The van der Waals surface area contributed by atoms with E-state index in [1.807, 2.05) is 12.3 Å². The molecule has 1 aliphatic heterocycles. The SMILES string of the molecule is C[C@@H]1CC[C@@H](NC2CCN(Cc3ccccn3)CC2)C[C@@H]1C. The van der Waals surface area contributed by atoms with Crippen LogP contribution in [0.25, 0.3) is 0 Å². The van der Waals surface area contributed by atoms with E-state index in [4.69, 9.17) is 0 Å². The van der Waals surface area contributed by atoms with Crippen LogP contribution in [-0.2, 0) is 6.54 Å². The summed E-state index contributed by atoms with van der Waals surface area (Å²) in [5.74, 6) is 1.80. The summed E-state index contributed by atoms with van der Waals surface area (Å²) in [5.41, 5.74) is 1.20. The van der Waals surface area contributed by atoms with Gasteiger partial charge >= 0.3 is 0 Å². The minimum atomic E-state index is 0.727. The Hall–Kier alpha value is -0.930. The number of hydrogen-bond donors (Lipinski definition) is 1. The van der Waals surface area contributed by atoms with Gasteiger partial charge in [0.15, 0.2) is 0 Å². The second kappa shape index (κ2) is 7.56. The van der Waals surface area contributed by atoms with Gasteiger partial charge in [-0.2, -0.15) is 0 Å². The number of piperidine rings is 1. The van der Waals surface area contributed by atoms with Crippen LogP contribution >= 0.6 is 0 Å². The van der Waals surface area contributed by atoms with Crippen molar-refractivity contribution in [1.82, 2.24) is 15.2 Å². The molecule has 0 amide bonds. The molecule has 0 unspecified atom stereocenters.